The van der Waals surface area contributed by atoms with Gasteiger partial charge in [0.05, 0.1) is 33.5 Å². The maximum atomic E-state index is 5.55. The quantitative estimate of drug-likeness (QED) is 0.0940. The molecule has 0 fully saturated rings. The van der Waals surface area contributed by atoms with Crippen LogP contribution >= 0.6 is 22.7 Å². The van der Waals surface area contributed by atoms with Crippen molar-refractivity contribution in [3.63, 3.8) is 0 Å². The minimum atomic E-state index is 0.548. The fourth-order valence-corrected chi connectivity index (χ4v) is 22.1. The molecule has 0 N–H and O–H groups in total. The van der Waals surface area contributed by atoms with E-state index in [-0.39, 0.29) is 0 Å². The van der Waals surface area contributed by atoms with Gasteiger partial charge in [0.25, 0.3) is 0 Å². The normalized spacial score (nSPS) is 11.5. The Kier molecular flexibility index (Phi) is 20.4. The van der Waals surface area contributed by atoms with Gasteiger partial charge in [0.2, 0.25) is 0 Å². The van der Waals surface area contributed by atoms with Crippen LogP contribution in [0.25, 0.3) is 253 Å². The van der Waals surface area contributed by atoms with Crippen LogP contribution in [0, 0.1) is 0 Å². The van der Waals surface area contributed by atoms with Crippen LogP contribution in [-0.2, 0) is 0 Å². The zero-order valence-electron chi connectivity index (χ0n) is 73.3. The van der Waals surface area contributed by atoms with Crippen molar-refractivity contribution >= 4 is 107 Å². The number of pyridine rings is 2. The summed E-state index contributed by atoms with van der Waals surface area (Å²) >= 11 is 3.63. The van der Waals surface area contributed by atoms with E-state index in [1.54, 1.807) is 0 Å². The summed E-state index contributed by atoms with van der Waals surface area (Å²) in [5.74, 6) is 3.48. The SMILES string of the molecule is c1ccc(-c2nc(-c3ccccc3)nc(-c3cc(-c4c(-c5ccccc5)cccc4-c4ccccc4)cnc3-c3ccc4c(c3)sc3ccc5c(c6ccccc6n5-c5ccccc5)c34)n2)cc1.c1ccc(-c2nc(-c3ccccc3)nc(-c3cc(-c4c(-c5ccccc5)cccc4-c4ccccc4)cnc3-c3cccc4c3sc3ccc5c(c6ccccc6n5-c5ccccc5)c34)n2)cc1. The summed E-state index contributed by atoms with van der Waals surface area (Å²) in [5, 5.41) is 9.90. The van der Waals surface area contributed by atoms with Gasteiger partial charge in [-0.2, -0.15) is 0 Å². The molecule has 0 unspecified atom stereocenters. The van der Waals surface area contributed by atoms with Gasteiger partial charge >= 0.3 is 0 Å². The minimum Gasteiger partial charge on any atom is -0.309 e. The van der Waals surface area contributed by atoms with E-state index >= 15 is 0 Å². The molecule has 0 aliphatic carbocycles. The number of hydrogen-bond donors (Lipinski definition) is 0. The van der Waals surface area contributed by atoms with Crippen molar-refractivity contribution in [1.82, 2.24) is 49.0 Å². The molecule has 8 heterocycles. The second-order valence-electron chi connectivity index (χ2n) is 33.9. The lowest BCUT2D eigenvalue weighted by molar-refractivity contribution is 1.07. The minimum absolute atomic E-state index is 0.548. The summed E-state index contributed by atoms with van der Waals surface area (Å²) < 4.78 is 9.58. The number of para-hydroxylation sites is 4. The highest BCUT2D eigenvalue weighted by atomic mass is 32.1. The van der Waals surface area contributed by atoms with Crippen LogP contribution in [0.1, 0.15) is 0 Å². The lowest BCUT2D eigenvalue weighted by Crippen LogP contribution is -2.02. The Bertz CT molecular complexity index is 8820. The number of benzene rings is 18. The molecular weight excluding hydrogens is 1690 g/mol. The van der Waals surface area contributed by atoms with Gasteiger partial charge in [-0.05, 0) is 134 Å². The first-order valence-electron chi connectivity index (χ1n) is 45.6. The number of aromatic nitrogens is 10. The van der Waals surface area contributed by atoms with Gasteiger partial charge in [0, 0.05) is 141 Å². The molecule has 0 saturated heterocycles. The van der Waals surface area contributed by atoms with Crippen molar-refractivity contribution < 1.29 is 0 Å². The van der Waals surface area contributed by atoms with E-state index in [1.807, 2.05) is 108 Å². The van der Waals surface area contributed by atoms with Gasteiger partial charge in [0.15, 0.2) is 34.9 Å². The molecule has 0 aliphatic rings. The third kappa shape index (κ3) is 14.4. The fourth-order valence-electron chi connectivity index (χ4n) is 19.7. The third-order valence-corrected chi connectivity index (χ3v) is 28.1. The monoisotopic (exact) mass is 1770 g/mol. The summed E-state index contributed by atoms with van der Waals surface area (Å²) in [6, 6.07) is 162. The first kappa shape index (κ1) is 80.4. The molecule has 0 atom stereocenters. The number of nitrogens with zero attached hydrogens (tertiary/aromatic N) is 10. The standard InChI is InChI=1S/2C62H39N5S/c1-6-20-40(21-7-1)46-31-18-32-47(41-22-8-2-9-23-41)55(46)44-38-51(62-65-60(42-24-10-3-11-25-42)64-61(66-62)43-26-12-4-13-27-43)58(63-39-44)50-34-19-33-49-57-54(68-59(49)50)37-36-53-56(57)48-30-16-17-35-52(48)67(53)45-28-14-5-15-29-45;1-6-19-40(20-7-1)47-30-18-31-48(41-21-8-2-9-22-41)56(47)45-37-51(62-65-60(42-23-10-3-11-24-42)64-61(66-62)43-25-12-4-13-26-43)59(63-39-45)44-33-34-50-55(38-44)68-54-36-35-53-57(58(50)54)49-29-16-17-32-52(49)67(53)46-27-14-5-15-28-46/h2*1-39H. The Hall–Kier alpha value is -17.7. The van der Waals surface area contributed by atoms with E-state index in [9.17, 15) is 0 Å². The number of thiophene rings is 2. The molecule has 26 rings (SSSR count). The molecule has 0 spiro atoms. The van der Waals surface area contributed by atoms with Crippen LogP contribution in [0.5, 0.6) is 0 Å². The average molecular weight is 1770 g/mol. The molecule has 636 valence electrons. The Morgan fingerprint density at radius 1 is 0.176 bits per heavy atom. The summed E-state index contributed by atoms with van der Waals surface area (Å²) in [7, 11) is 0. The summed E-state index contributed by atoms with van der Waals surface area (Å²) in [6.45, 7) is 0. The van der Waals surface area contributed by atoms with E-state index in [2.05, 4.69) is 397 Å². The molecule has 136 heavy (non-hydrogen) atoms. The lowest BCUT2D eigenvalue weighted by atomic mass is 9.87. The number of rotatable bonds is 16. The smallest absolute Gasteiger partial charge is 0.166 e. The molecule has 26 aromatic rings. The summed E-state index contributed by atoms with van der Waals surface area (Å²) in [6.07, 6.45) is 4.07. The topological polar surface area (TPSA) is 113 Å². The van der Waals surface area contributed by atoms with Gasteiger partial charge in [-0.15, -0.1) is 22.7 Å². The van der Waals surface area contributed by atoms with Gasteiger partial charge in [-0.25, -0.2) is 29.9 Å². The molecule has 12 heteroatoms. The van der Waals surface area contributed by atoms with Crippen molar-refractivity contribution in [3.8, 4) is 169 Å². The fraction of sp³-hybridized carbons (Fsp3) is 0. The Labute approximate surface area is 792 Å². The first-order valence-corrected chi connectivity index (χ1v) is 47.2. The highest BCUT2D eigenvalue weighted by Gasteiger charge is 2.29. The molecule has 0 aliphatic heterocycles. The summed E-state index contributed by atoms with van der Waals surface area (Å²) in [5.41, 5.74) is 28.9. The molecular formula is C124H78N10S2. The zero-order valence-corrected chi connectivity index (χ0v) is 75.0. The van der Waals surface area contributed by atoms with Gasteiger partial charge in [-0.1, -0.05) is 382 Å². The maximum Gasteiger partial charge on any atom is 0.166 e. The Morgan fingerprint density at radius 2 is 0.493 bits per heavy atom. The maximum absolute atomic E-state index is 5.55. The van der Waals surface area contributed by atoms with Crippen molar-refractivity contribution in [2.75, 3.05) is 0 Å². The molecule has 0 radical (unpaired) electrons. The molecule has 0 saturated carbocycles. The average Bonchev–Trinajstić information content (AvgIpc) is 1.56. The van der Waals surface area contributed by atoms with E-state index in [0.717, 1.165) is 139 Å². The van der Waals surface area contributed by atoms with Gasteiger partial charge in [-0.3, -0.25) is 9.97 Å². The predicted molar refractivity (Wildman–Crippen MR) is 566 cm³/mol. The van der Waals surface area contributed by atoms with Crippen LogP contribution in [-0.4, -0.2) is 49.0 Å². The Morgan fingerprint density at radius 3 is 0.897 bits per heavy atom. The number of fused-ring (bicyclic) bond motifs is 14. The predicted octanol–water partition coefficient (Wildman–Crippen LogP) is 32.8. The van der Waals surface area contributed by atoms with E-state index in [0.29, 0.717) is 34.9 Å². The highest BCUT2D eigenvalue weighted by molar-refractivity contribution is 7.26. The van der Waals surface area contributed by atoms with Crippen molar-refractivity contribution in [1.29, 1.82) is 0 Å². The molecule has 8 aromatic heterocycles. The largest absolute Gasteiger partial charge is 0.309 e. The molecule has 0 bridgehead atoms. The highest BCUT2D eigenvalue weighted by Crippen LogP contribution is 2.52. The zero-order chi connectivity index (χ0) is 89.9. The van der Waals surface area contributed by atoms with Crippen LogP contribution < -0.4 is 0 Å². The van der Waals surface area contributed by atoms with E-state index in [4.69, 9.17) is 39.9 Å². The van der Waals surface area contributed by atoms with Crippen LogP contribution in [0.15, 0.2) is 473 Å². The van der Waals surface area contributed by atoms with Gasteiger partial charge in [0.1, 0.15) is 0 Å². The second-order valence-corrected chi connectivity index (χ2v) is 36.0. The van der Waals surface area contributed by atoms with E-state index < -0.39 is 0 Å². The van der Waals surface area contributed by atoms with Crippen LogP contribution in [0.3, 0.4) is 0 Å². The van der Waals surface area contributed by atoms with Crippen LogP contribution in [0.2, 0.25) is 0 Å². The van der Waals surface area contributed by atoms with Crippen molar-refractivity contribution in [2.45, 2.75) is 0 Å². The Balaban J connectivity index is 0.000000145. The third-order valence-electron chi connectivity index (χ3n) is 25.8. The van der Waals surface area contributed by atoms with Crippen molar-refractivity contribution in [3.05, 3.63) is 473 Å². The summed E-state index contributed by atoms with van der Waals surface area (Å²) in [4.78, 5) is 42.5. The molecule has 0 amide bonds. The molecule has 18 aromatic carbocycles. The second kappa shape index (κ2) is 34.6. The van der Waals surface area contributed by atoms with Gasteiger partial charge < -0.3 is 9.13 Å². The number of hydrogen-bond acceptors (Lipinski definition) is 10. The van der Waals surface area contributed by atoms with E-state index in [1.165, 1.54) is 79.3 Å². The molecule has 10 nitrogen and oxygen atoms in total. The van der Waals surface area contributed by atoms with Crippen molar-refractivity contribution in [2.24, 2.45) is 0 Å². The van der Waals surface area contributed by atoms with Crippen LogP contribution in [0.4, 0.5) is 0 Å². The first-order chi connectivity index (χ1) is 67.5. The lowest BCUT2D eigenvalue weighted by Gasteiger charge is -2.18.